The largest absolute Gasteiger partial charge is 0.497 e. The van der Waals surface area contributed by atoms with Gasteiger partial charge in [0.15, 0.2) is 5.96 Å². The Balaban J connectivity index is 0.00000341. The van der Waals surface area contributed by atoms with Gasteiger partial charge in [0.05, 0.1) is 19.7 Å². The normalized spacial score (nSPS) is 15.4. The van der Waals surface area contributed by atoms with Crippen molar-refractivity contribution < 1.29 is 4.74 Å². The quantitative estimate of drug-likeness (QED) is 0.274. The molecule has 1 saturated heterocycles. The topological polar surface area (TPSA) is 79.6 Å². The molecule has 31 heavy (non-hydrogen) atoms. The minimum atomic E-state index is 0. The van der Waals surface area contributed by atoms with Gasteiger partial charge < -0.3 is 19.9 Å². The number of aromatic nitrogens is 3. The third-order valence-corrected chi connectivity index (χ3v) is 5.48. The first-order valence-corrected chi connectivity index (χ1v) is 11.0. The van der Waals surface area contributed by atoms with Gasteiger partial charge in [0.1, 0.15) is 17.9 Å². The Bertz CT molecular complexity index is 805. The maximum absolute atomic E-state index is 5.45. The maximum Gasteiger partial charge on any atom is 0.191 e. The number of guanidine groups is 1. The number of nitrogens with zero attached hydrogens (tertiary/aromatic N) is 5. The second-order valence-corrected chi connectivity index (χ2v) is 7.48. The van der Waals surface area contributed by atoms with Gasteiger partial charge in [-0.15, -0.1) is 34.2 Å². The lowest BCUT2D eigenvalue weighted by Gasteiger charge is -2.27. The predicted octanol–water partition coefficient (Wildman–Crippen LogP) is 2.86. The summed E-state index contributed by atoms with van der Waals surface area (Å²) >= 11 is 0. The lowest BCUT2D eigenvalue weighted by molar-refractivity contribution is 0.251. The Morgan fingerprint density at radius 3 is 2.74 bits per heavy atom. The molecule has 3 rings (SSSR count). The number of rotatable bonds is 10. The van der Waals surface area contributed by atoms with Crippen molar-refractivity contribution in [2.24, 2.45) is 4.99 Å². The van der Waals surface area contributed by atoms with Gasteiger partial charge in [0, 0.05) is 26.1 Å². The van der Waals surface area contributed by atoms with Crippen molar-refractivity contribution in [2.75, 3.05) is 39.8 Å². The molecule has 0 aliphatic carbocycles. The van der Waals surface area contributed by atoms with Crippen molar-refractivity contribution in [3.05, 3.63) is 42.0 Å². The van der Waals surface area contributed by atoms with Crippen molar-refractivity contribution in [3.63, 3.8) is 0 Å². The summed E-state index contributed by atoms with van der Waals surface area (Å²) in [6, 6.07) is 8.63. The predicted molar refractivity (Wildman–Crippen MR) is 135 cm³/mol. The van der Waals surface area contributed by atoms with Gasteiger partial charge in [-0.25, -0.2) is 0 Å². The van der Waals surface area contributed by atoms with Crippen molar-refractivity contribution in [1.82, 2.24) is 30.3 Å². The lowest BCUT2D eigenvalue weighted by atomic mass is 10.1. The van der Waals surface area contributed by atoms with Gasteiger partial charge in [-0.2, -0.15) is 0 Å². The average molecular weight is 541 g/mol. The van der Waals surface area contributed by atoms with Gasteiger partial charge in [-0.05, 0) is 50.6 Å². The van der Waals surface area contributed by atoms with E-state index in [2.05, 4.69) is 62.3 Å². The van der Waals surface area contributed by atoms with Crippen molar-refractivity contribution in [3.8, 4) is 5.75 Å². The summed E-state index contributed by atoms with van der Waals surface area (Å²) in [5.41, 5.74) is 1.26. The molecule has 2 aromatic rings. The molecule has 2 heterocycles. The molecule has 1 aromatic heterocycles. The van der Waals surface area contributed by atoms with E-state index in [0.717, 1.165) is 56.7 Å². The third-order valence-electron chi connectivity index (χ3n) is 5.48. The zero-order valence-corrected chi connectivity index (χ0v) is 21.2. The Morgan fingerprint density at radius 1 is 1.23 bits per heavy atom. The lowest BCUT2D eigenvalue weighted by Crippen LogP contribution is -2.39. The fraction of sp³-hybridized carbons (Fsp3) is 0.591. The minimum absolute atomic E-state index is 0. The second kappa shape index (κ2) is 13.5. The smallest absolute Gasteiger partial charge is 0.191 e. The Kier molecular flexibility index (Phi) is 11.1. The fourth-order valence-corrected chi connectivity index (χ4v) is 3.89. The number of benzene rings is 1. The molecule has 1 aromatic carbocycles. The standard InChI is InChI=1S/C22H35N7O.HI/c1-4-21-27-26-17-29(21)14-11-24-22(23-5-2)25-16-20(28-12-6-7-13-28)18-9-8-10-19(15-18)30-3;/h8-10,15,17,20H,4-7,11-14,16H2,1-3H3,(H2,23,24,25);1H. The van der Waals surface area contributed by atoms with E-state index in [9.17, 15) is 0 Å². The van der Waals surface area contributed by atoms with Crippen LogP contribution in [0.1, 0.15) is 44.1 Å². The highest BCUT2D eigenvalue weighted by Crippen LogP contribution is 2.27. The number of hydrogen-bond donors (Lipinski definition) is 2. The number of hydrogen-bond acceptors (Lipinski definition) is 5. The highest BCUT2D eigenvalue weighted by Gasteiger charge is 2.23. The fourth-order valence-electron chi connectivity index (χ4n) is 3.89. The van der Waals surface area contributed by atoms with Crippen LogP contribution < -0.4 is 15.4 Å². The molecule has 1 aliphatic rings. The van der Waals surface area contributed by atoms with Crippen LogP contribution in [-0.4, -0.2) is 65.5 Å². The van der Waals surface area contributed by atoms with Crippen molar-refractivity contribution in [2.45, 2.75) is 45.7 Å². The van der Waals surface area contributed by atoms with E-state index in [1.165, 1.54) is 18.4 Å². The summed E-state index contributed by atoms with van der Waals surface area (Å²) in [5, 5.41) is 15.0. The number of aryl methyl sites for hydroxylation is 1. The van der Waals surface area contributed by atoms with E-state index in [4.69, 9.17) is 9.73 Å². The van der Waals surface area contributed by atoms with Crippen LogP contribution in [0.15, 0.2) is 35.6 Å². The molecule has 1 atom stereocenters. The molecule has 1 unspecified atom stereocenters. The van der Waals surface area contributed by atoms with Gasteiger partial charge in [-0.3, -0.25) is 9.89 Å². The third kappa shape index (κ3) is 7.34. The molecule has 1 aliphatic heterocycles. The van der Waals surface area contributed by atoms with Gasteiger partial charge in [0.25, 0.3) is 0 Å². The van der Waals surface area contributed by atoms with E-state index < -0.39 is 0 Å². The number of likely N-dealkylation sites (tertiary alicyclic amines) is 1. The number of halogens is 1. The SMILES string of the molecule is CCNC(=NCC(c1cccc(OC)c1)N1CCCC1)NCCn1cnnc1CC.I. The molecular formula is C22H36IN7O. The molecule has 0 radical (unpaired) electrons. The van der Waals surface area contributed by atoms with Gasteiger partial charge in [0.2, 0.25) is 0 Å². The highest BCUT2D eigenvalue weighted by molar-refractivity contribution is 14.0. The van der Waals surface area contributed by atoms with E-state index in [1.54, 1.807) is 13.4 Å². The molecule has 0 bridgehead atoms. The zero-order chi connectivity index (χ0) is 21.2. The van der Waals surface area contributed by atoms with Crippen LogP contribution in [-0.2, 0) is 13.0 Å². The second-order valence-electron chi connectivity index (χ2n) is 7.48. The monoisotopic (exact) mass is 541 g/mol. The Morgan fingerprint density at radius 2 is 2.03 bits per heavy atom. The van der Waals surface area contributed by atoms with E-state index in [-0.39, 0.29) is 30.0 Å². The number of ether oxygens (including phenoxy) is 1. The van der Waals surface area contributed by atoms with Crippen LogP contribution in [0.2, 0.25) is 0 Å². The van der Waals surface area contributed by atoms with E-state index in [1.807, 2.05) is 6.07 Å². The van der Waals surface area contributed by atoms with E-state index in [0.29, 0.717) is 6.54 Å². The maximum atomic E-state index is 5.45. The van der Waals surface area contributed by atoms with Gasteiger partial charge >= 0.3 is 0 Å². The highest BCUT2D eigenvalue weighted by atomic mass is 127. The zero-order valence-electron chi connectivity index (χ0n) is 18.9. The first-order valence-electron chi connectivity index (χ1n) is 11.0. The molecule has 1 fully saturated rings. The summed E-state index contributed by atoms with van der Waals surface area (Å²) in [5.74, 6) is 2.74. The Labute approximate surface area is 202 Å². The van der Waals surface area contributed by atoms with Crippen LogP contribution >= 0.6 is 24.0 Å². The summed E-state index contributed by atoms with van der Waals surface area (Å²) < 4.78 is 7.53. The molecule has 0 saturated carbocycles. The molecular weight excluding hydrogens is 505 g/mol. The van der Waals surface area contributed by atoms with Crippen LogP contribution in [0, 0.1) is 0 Å². The molecule has 9 heteroatoms. The van der Waals surface area contributed by atoms with Crippen molar-refractivity contribution >= 4 is 29.9 Å². The Hall–Kier alpha value is -1.88. The molecule has 2 N–H and O–H groups in total. The van der Waals surface area contributed by atoms with Crippen molar-refractivity contribution in [1.29, 1.82) is 0 Å². The summed E-state index contributed by atoms with van der Waals surface area (Å²) in [6.45, 7) is 9.53. The molecule has 0 amide bonds. The average Bonchev–Trinajstić information content (AvgIpc) is 3.46. The van der Waals surface area contributed by atoms with Crippen LogP contribution in [0.25, 0.3) is 0 Å². The first kappa shape index (κ1) is 25.4. The molecule has 0 spiro atoms. The van der Waals surface area contributed by atoms with Crippen LogP contribution in [0.3, 0.4) is 0 Å². The summed E-state index contributed by atoms with van der Waals surface area (Å²) in [4.78, 5) is 7.46. The number of aliphatic imine (C=N–C) groups is 1. The van der Waals surface area contributed by atoms with Gasteiger partial charge in [-0.1, -0.05) is 19.1 Å². The number of methoxy groups -OCH3 is 1. The summed E-state index contributed by atoms with van der Waals surface area (Å²) in [7, 11) is 1.72. The molecule has 172 valence electrons. The number of nitrogens with one attached hydrogen (secondary N) is 2. The van der Waals surface area contributed by atoms with E-state index >= 15 is 0 Å². The summed E-state index contributed by atoms with van der Waals surface area (Å²) in [6.07, 6.45) is 5.17. The van der Waals surface area contributed by atoms with Crippen LogP contribution in [0.4, 0.5) is 0 Å². The van der Waals surface area contributed by atoms with Crippen LogP contribution in [0.5, 0.6) is 5.75 Å². The molecule has 8 nitrogen and oxygen atoms in total. The first-order chi connectivity index (χ1) is 14.7. The minimum Gasteiger partial charge on any atom is -0.497 e.